The highest BCUT2D eigenvalue weighted by atomic mass is 16.5. The summed E-state index contributed by atoms with van der Waals surface area (Å²) >= 11 is 0. The number of pyridine rings is 1. The molecular weight excluding hydrogens is 256 g/mol. The monoisotopic (exact) mass is 270 g/mol. The lowest BCUT2D eigenvalue weighted by Gasteiger charge is -2.07. The largest absolute Gasteiger partial charge is 0.464 e. The number of para-hydroxylation sites is 1. The van der Waals surface area contributed by atoms with E-state index in [1.54, 1.807) is 13.3 Å². The number of carbonyl (C=O) groups excluding carboxylic acids is 1. The number of benzene rings is 1. The summed E-state index contributed by atoms with van der Waals surface area (Å²) in [6, 6.07) is 9.84. The van der Waals surface area contributed by atoms with Gasteiger partial charge < -0.3 is 14.0 Å². The quantitative estimate of drug-likeness (QED) is 0.686. The second-order valence-electron chi connectivity index (χ2n) is 4.41. The first kappa shape index (κ1) is 12.6. The number of hydrogen-bond acceptors (Lipinski definition) is 4. The van der Waals surface area contributed by atoms with Crippen LogP contribution >= 0.6 is 0 Å². The normalized spacial score (nSPS) is 11.1. The van der Waals surface area contributed by atoms with Gasteiger partial charge in [-0.1, -0.05) is 18.2 Å². The van der Waals surface area contributed by atoms with Crippen LogP contribution in [0.25, 0.3) is 21.8 Å². The van der Waals surface area contributed by atoms with Crippen molar-refractivity contribution in [3.63, 3.8) is 0 Å². The molecule has 0 saturated carbocycles. The van der Waals surface area contributed by atoms with Crippen LogP contribution in [0.1, 0.15) is 10.5 Å². The Morgan fingerprint density at radius 2 is 2.00 bits per heavy atom. The Hall–Kier alpha value is -2.40. The minimum Gasteiger partial charge on any atom is -0.464 e. The summed E-state index contributed by atoms with van der Waals surface area (Å²) in [6.45, 7) is 0.347. The summed E-state index contributed by atoms with van der Waals surface area (Å²) in [7, 11) is 2.97. The Balaban J connectivity index is 2.47. The fraction of sp³-hybridized carbons (Fsp3) is 0.200. The Morgan fingerprint density at radius 1 is 1.20 bits per heavy atom. The molecule has 0 saturated heterocycles. The third-order valence-electron chi connectivity index (χ3n) is 3.32. The molecule has 0 radical (unpaired) electrons. The maximum absolute atomic E-state index is 11.9. The molecule has 102 valence electrons. The fourth-order valence-corrected chi connectivity index (χ4v) is 2.51. The average molecular weight is 270 g/mol. The molecule has 0 fully saturated rings. The molecule has 0 bridgehead atoms. The highest BCUT2D eigenvalue weighted by molar-refractivity contribution is 6.13. The standard InChI is InChI=1S/C15H14N2O3/c1-19-9-17-12-6-4-3-5-10(12)11-7-8-16-13(14(11)17)15(18)20-2/h3-8H,9H2,1-2H3. The van der Waals surface area contributed by atoms with Gasteiger partial charge in [0.1, 0.15) is 6.73 Å². The molecule has 5 heteroatoms. The van der Waals surface area contributed by atoms with Crippen LogP contribution in [0, 0.1) is 0 Å². The number of rotatable bonds is 3. The minimum atomic E-state index is -0.448. The molecule has 0 amide bonds. The number of carbonyl (C=O) groups is 1. The number of esters is 1. The zero-order valence-corrected chi connectivity index (χ0v) is 11.3. The molecule has 3 rings (SSSR count). The van der Waals surface area contributed by atoms with E-state index in [9.17, 15) is 4.79 Å². The van der Waals surface area contributed by atoms with Crippen LogP contribution < -0.4 is 0 Å². The van der Waals surface area contributed by atoms with Crippen LogP contribution in [0.2, 0.25) is 0 Å². The number of fused-ring (bicyclic) bond motifs is 3. The van der Waals surface area contributed by atoms with Gasteiger partial charge in [0.2, 0.25) is 0 Å². The molecule has 0 atom stereocenters. The zero-order valence-electron chi connectivity index (χ0n) is 11.3. The Morgan fingerprint density at radius 3 is 2.75 bits per heavy atom. The maximum Gasteiger partial charge on any atom is 0.358 e. The number of ether oxygens (including phenoxy) is 2. The summed E-state index contributed by atoms with van der Waals surface area (Å²) in [5.74, 6) is -0.448. The Bertz CT molecular complexity index is 792. The molecule has 2 aromatic heterocycles. The van der Waals surface area contributed by atoms with Crippen molar-refractivity contribution in [3.8, 4) is 0 Å². The first-order chi connectivity index (χ1) is 9.77. The van der Waals surface area contributed by atoms with E-state index in [4.69, 9.17) is 9.47 Å². The lowest BCUT2D eigenvalue weighted by Crippen LogP contribution is -2.09. The maximum atomic E-state index is 11.9. The number of nitrogens with zero attached hydrogens (tertiary/aromatic N) is 2. The number of methoxy groups -OCH3 is 2. The first-order valence-electron chi connectivity index (χ1n) is 6.21. The predicted octanol–water partition coefficient (Wildman–Crippen LogP) is 2.58. The summed E-state index contributed by atoms with van der Waals surface area (Å²) in [5.41, 5.74) is 2.04. The van der Waals surface area contributed by atoms with Gasteiger partial charge in [0.25, 0.3) is 0 Å². The van der Waals surface area contributed by atoms with E-state index in [0.717, 1.165) is 21.8 Å². The van der Waals surface area contributed by atoms with Crippen LogP contribution in [-0.4, -0.2) is 29.7 Å². The average Bonchev–Trinajstić information content (AvgIpc) is 2.82. The highest BCUT2D eigenvalue weighted by Gasteiger charge is 2.19. The zero-order chi connectivity index (χ0) is 14.1. The predicted molar refractivity (Wildman–Crippen MR) is 75.6 cm³/mol. The molecule has 3 aromatic rings. The van der Waals surface area contributed by atoms with Gasteiger partial charge in [-0.25, -0.2) is 9.78 Å². The van der Waals surface area contributed by atoms with Crippen molar-refractivity contribution in [3.05, 3.63) is 42.2 Å². The minimum absolute atomic E-state index is 0.304. The number of aromatic nitrogens is 2. The summed E-state index contributed by atoms with van der Waals surface area (Å²) in [4.78, 5) is 16.1. The molecule has 0 unspecified atom stereocenters. The van der Waals surface area contributed by atoms with Crippen molar-refractivity contribution < 1.29 is 14.3 Å². The summed E-state index contributed by atoms with van der Waals surface area (Å²) < 4.78 is 12.0. The van der Waals surface area contributed by atoms with Gasteiger partial charge in [0, 0.05) is 24.1 Å². The molecule has 2 heterocycles. The first-order valence-corrected chi connectivity index (χ1v) is 6.21. The highest BCUT2D eigenvalue weighted by Crippen LogP contribution is 2.30. The van der Waals surface area contributed by atoms with Crippen molar-refractivity contribution in [1.82, 2.24) is 9.55 Å². The third-order valence-corrected chi connectivity index (χ3v) is 3.32. The van der Waals surface area contributed by atoms with Gasteiger partial charge in [-0.2, -0.15) is 0 Å². The molecule has 5 nitrogen and oxygen atoms in total. The van der Waals surface area contributed by atoms with Crippen molar-refractivity contribution in [1.29, 1.82) is 0 Å². The van der Waals surface area contributed by atoms with E-state index < -0.39 is 5.97 Å². The van der Waals surface area contributed by atoms with Crippen molar-refractivity contribution in [2.75, 3.05) is 14.2 Å². The SMILES string of the molecule is COCn1c2ccccc2c2ccnc(C(=O)OC)c21. The van der Waals surface area contributed by atoms with E-state index in [1.807, 2.05) is 34.9 Å². The fourth-order valence-electron chi connectivity index (χ4n) is 2.51. The molecule has 0 spiro atoms. The van der Waals surface area contributed by atoms with E-state index >= 15 is 0 Å². The van der Waals surface area contributed by atoms with Crippen LogP contribution in [0.15, 0.2) is 36.5 Å². The lowest BCUT2D eigenvalue weighted by atomic mass is 10.1. The van der Waals surface area contributed by atoms with Gasteiger partial charge in [-0.05, 0) is 12.1 Å². The second-order valence-corrected chi connectivity index (χ2v) is 4.41. The van der Waals surface area contributed by atoms with E-state index in [-0.39, 0.29) is 0 Å². The number of hydrogen-bond donors (Lipinski definition) is 0. The van der Waals surface area contributed by atoms with E-state index in [2.05, 4.69) is 4.98 Å². The van der Waals surface area contributed by atoms with Crippen LogP contribution in [-0.2, 0) is 16.2 Å². The van der Waals surface area contributed by atoms with Gasteiger partial charge in [0.15, 0.2) is 5.69 Å². The second kappa shape index (κ2) is 4.94. The summed E-state index contributed by atoms with van der Waals surface area (Å²) in [5, 5.41) is 2.03. The van der Waals surface area contributed by atoms with Gasteiger partial charge >= 0.3 is 5.97 Å². The van der Waals surface area contributed by atoms with Gasteiger partial charge in [0.05, 0.1) is 18.1 Å². The Labute approximate surface area is 115 Å². The molecule has 0 aliphatic rings. The lowest BCUT2D eigenvalue weighted by molar-refractivity contribution is 0.0595. The molecule has 0 aliphatic carbocycles. The molecule has 0 aliphatic heterocycles. The van der Waals surface area contributed by atoms with Gasteiger partial charge in [-0.15, -0.1) is 0 Å². The van der Waals surface area contributed by atoms with Crippen molar-refractivity contribution in [2.24, 2.45) is 0 Å². The van der Waals surface area contributed by atoms with Gasteiger partial charge in [-0.3, -0.25) is 0 Å². The van der Waals surface area contributed by atoms with E-state index in [0.29, 0.717) is 12.4 Å². The van der Waals surface area contributed by atoms with Crippen LogP contribution in [0.4, 0.5) is 0 Å². The Kier molecular flexibility index (Phi) is 3.12. The molecule has 20 heavy (non-hydrogen) atoms. The molecule has 1 aromatic carbocycles. The van der Waals surface area contributed by atoms with Crippen molar-refractivity contribution >= 4 is 27.8 Å². The topological polar surface area (TPSA) is 53.4 Å². The summed E-state index contributed by atoms with van der Waals surface area (Å²) in [6.07, 6.45) is 1.62. The third kappa shape index (κ3) is 1.75. The molecule has 0 N–H and O–H groups in total. The van der Waals surface area contributed by atoms with Crippen LogP contribution in [0.3, 0.4) is 0 Å². The van der Waals surface area contributed by atoms with E-state index in [1.165, 1.54) is 7.11 Å². The smallest absolute Gasteiger partial charge is 0.358 e. The van der Waals surface area contributed by atoms with Crippen molar-refractivity contribution in [2.45, 2.75) is 6.73 Å². The molecular formula is C15H14N2O3. The van der Waals surface area contributed by atoms with Crippen LogP contribution in [0.5, 0.6) is 0 Å².